The van der Waals surface area contributed by atoms with Gasteiger partial charge in [0.15, 0.2) is 0 Å². The van der Waals surface area contributed by atoms with E-state index in [1.165, 1.54) is 60.5 Å². The maximum Gasteiger partial charge on any atom is 0.263 e. The zero-order chi connectivity index (χ0) is 21.8. The zero-order valence-electron chi connectivity index (χ0n) is 17.7. The Labute approximate surface area is 186 Å². The van der Waals surface area contributed by atoms with E-state index in [1.807, 2.05) is 0 Å². The number of rotatable bonds is 7. The summed E-state index contributed by atoms with van der Waals surface area (Å²) < 4.78 is 13.1. The number of hydrogen-bond acceptors (Lipinski definition) is 4. The summed E-state index contributed by atoms with van der Waals surface area (Å²) in [5, 5.41) is 2.97. The van der Waals surface area contributed by atoms with Crippen molar-refractivity contribution in [1.29, 1.82) is 0 Å². The molecule has 0 bridgehead atoms. The van der Waals surface area contributed by atoms with E-state index in [2.05, 4.69) is 41.4 Å². The number of anilines is 1. The van der Waals surface area contributed by atoms with Crippen LogP contribution in [0, 0.1) is 5.82 Å². The molecular weight excluding hydrogens is 409 g/mol. The van der Waals surface area contributed by atoms with Gasteiger partial charge < -0.3 is 11.1 Å². The Morgan fingerprint density at radius 2 is 1.81 bits per heavy atom. The fourth-order valence-electron chi connectivity index (χ4n) is 4.04. The van der Waals surface area contributed by atoms with Gasteiger partial charge >= 0.3 is 0 Å². The largest absolute Gasteiger partial charge is 0.397 e. The molecule has 0 spiro atoms. The van der Waals surface area contributed by atoms with Crippen molar-refractivity contribution >= 4 is 22.9 Å². The van der Waals surface area contributed by atoms with Crippen LogP contribution in [-0.4, -0.2) is 30.4 Å². The summed E-state index contributed by atoms with van der Waals surface area (Å²) in [6, 6.07) is 17.1. The molecule has 0 radical (unpaired) electrons. The molecule has 2 aromatic carbocycles. The molecule has 3 aromatic rings. The molecule has 31 heavy (non-hydrogen) atoms. The number of nitrogen functional groups attached to an aromatic ring is 1. The Balaban J connectivity index is 1.31. The van der Waals surface area contributed by atoms with E-state index < -0.39 is 0 Å². The van der Waals surface area contributed by atoms with Crippen molar-refractivity contribution in [2.75, 3.05) is 25.4 Å². The topological polar surface area (TPSA) is 58.4 Å². The van der Waals surface area contributed by atoms with E-state index >= 15 is 0 Å². The fraction of sp³-hybridized carbons (Fsp3) is 0.320. The first kappa shape index (κ1) is 21.5. The van der Waals surface area contributed by atoms with Gasteiger partial charge in [-0.3, -0.25) is 9.69 Å². The second-order valence-electron chi connectivity index (χ2n) is 8.07. The summed E-state index contributed by atoms with van der Waals surface area (Å²) >= 11 is 1.33. The molecule has 3 N–H and O–H groups in total. The Hall–Kier alpha value is -2.70. The van der Waals surface area contributed by atoms with E-state index in [-0.39, 0.29) is 11.7 Å². The number of hydrogen-bond donors (Lipinski definition) is 2. The summed E-state index contributed by atoms with van der Waals surface area (Å²) in [4.78, 5) is 16.5. The van der Waals surface area contributed by atoms with Gasteiger partial charge in [-0.2, -0.15) is 0 Å². The van der Waals surface area contributed by atoms with Crippen molar-refractivity contribution in [3.63, 3.8) is 0 Å². The monoisotopic (exact) mass is 437 g/mol. The lowest BCUT2D eigenvalue weighted by Gasteiger charge is -2.24. The average Bonchev–Trinajstić information content (AvgIpc) is 3.44. The second kappa shape index (κ2) is 9.62. The molecule has 4 rings (SSSR count). The second-order valence-corrected chi connectivity index (χ2v) is 9.12. The van der Waals surface area contributed by atoms with Crippen molar-refractivity contribution in [3.8, 4) is 10.4 Å². The highest BCUT2D eigenvalue weighted by Gasteiger charge is 2.19. The fourth-order valence-corrected chi connectivity index (χ4v) is 5.04. The van der Waals surface area contributed by atoms with Crippen molar-refractivity contribution in [3.05, 3.63) is 76.4 Å². The summed E-state index contributed by atoms with van der Waals surface area (Å²) in [7, 11) is 0. The molecule has 1 unspecified atom stereocenters. The van der Waals surface area contributed by atoms with Gasteiger partial charge in [0.25, 0.3) is 5.91 Å². The molecule has 1 aromatic heterocycles. The first-order valence-corrected chi connectivity index (χ1v) is 11.6. The van der Waals surface area contributed by atoms with E-state index in [9.17, 15) is 9.18 Å². The molecule has 2 heterocycles. The molecule has 1 atom stereocenters. The Morgan fingerprint density at radius 1 is 1.13 bits per heavy atom. The molecule has 162 valence electrons. The Kier molecular flexibility index (Phi) is 6.68. The van der Waals surface area contributed by atoms with Crippen LogP contribution in [-0.2, 0) is 6.42 Å². The molecule has 1 saturated heterocycles. The highest BCUT2D eigenvalue weighted by molar-refractivity contribution is 7.18. The third-order valence-electron chi connectivity index (χ3n) is 5.95. The van der Waals surface area contributed by atoms with Crippen LogP contribution in [0.15, 0.2) is 54.6 Å². The molecule has 1 aliphatic heterocycles. The van der Waals surface area contributed by atoms with E-state index in [0.29, 0.717) is 23.2 Å². The van der Waals surface area contributed by atoms with Gasteiger partial charge in [0.2, 0.25) is 0 Å². The highest BCUT2D eigenvalue weighted by atomic mass is 32.1. The van der Waals surface area contributed by atoms with Crippen LogP contribution in [0.3, 0.4) is 0 Å². The van der Waals surface area contributed by atoms with Gasteiger partial charge in [0.1, 0.15) is 10.7 Å². The molecule has 0 saturated carbocycles. The minimum Gasteiger partial charge on any atom is -0.397 e. The quantitative estimate of drug-likeness (QED) is 0.530. The number of amides is 1. The van der Waals surface area contributed by atoms with Crippen LogP contribution in [0.5, 0.6) is 0 Å². The summed E-state index contributed by atoms with van der Waals surface area (Å²) in [5.41, 5.74) is 9.89. The lowest BCUT2D eigenvalue weighted by molar-refractivity contribution is 0.0959. The van der Waals surface area contributed by atoms with Gasteiger partial charge in [-0.05, 0) is 74.2 Å². The van der Waals surface area contributed by atoms with Crippen LogP contribution >= 0.6 is 11.3 Å². The lowest BCUT2D eigenvalue weighted by atomic mass is 10.0. The summed E-state index contributed by atoms with van der Waals surface area (Å²) in [6.45, 7) is 5.18. The van der Waals surface area contributed by atoms with E-state index in [0.717, 1.165) is 16.9 Å². The summed E-state index contributed by atoms with van der Waals surface area (Å²) in [6.07, 6.45) is 3.35. The molecule has 6 heteroatoms. The SMILES string of the molecule is CC(c1ccc(CCNC(=O)c2sc(-c3ccc(F)cc3)cc2N)cc1)N1CCCC1. The minimum atomic E-state index is -0.287. The van der Waals surface area contributed by atoms with Gasteiger partial charge in [-0.1, -0.05) is 36.4 Å². The van der Waals surface area contributed by atoms with Crippen molar-refractivity contribution in [1.82, 2.24) is 10.2 Å². The van der Waals surface area contributed by atoms with Crippen molar-refractivity contribution in [2.45, 2.75) is 32.2 Å². The first-order chi connectivity index (χ1) is 15.0. The van der Waals surface area contributed by atoms with Crippen molar-refractivity contribution < 1.29 is 9.18 Å². The van der Waals surface area contributed by atoms with Gasteiger partial charge in [0.05, 0.1) is 5.69 Å². The third kappa shape index (κ3) is 5.14. The minimum absolute atomic E-state index is 0.171. The van der Waals surface area contributed by atoms with Gasteiger partial charge in [-0.25, -0.2) is 4.39 Å². The predicted molar refractivity (Wildman–Crippen MR) is 126 cm³/mol. The van der Waals surface area contributed by atoms with Crippen LogP contribution in [0.25, 0.3) is 10.4 Å². The van der Waals surface area contributed by atoms with Crippen LogP contribution in [0.4, 0.5) is 10.1 Å². The zero-order valence-corrected chi connectivity index (χ0v) is 18.6. The number of benzene rings is 2. The maximum absolute atomic E-state index is 13.1. The van der Waals surface area contributed by atoms with E-state index in [1.54, 1.807) is 18.2 Å². The normalized spacial score (nSPS) is 15.2. The average molecular weight is 438 g/mol. The van der Waals surface area contributed by atoms with E-state index in [4.69, 9.17) is 5.73 Å². The predicted octanol–water partition coefficient (Wildman–Crippen LogP) is 5.27. The molecule has 1 amide bonds. The molecule has 1 fully saturated rings. The summed E-state index contributed by atoms with van der Waals surface area (Å²) in [5.74, 6) is -0.458. The highest BCUT2D eigenvalue weighted by Crippen LogP contribution is 2.33. The van der Waals surface area contributed by atoms with Crippen LogP contribution in [0.1, 0.15) is 46.6 Å². The van der Waals surface area contributed by atoms with Crippen LogP contribution < -0.4 is 11.1 Å². The lowest BCUT2D eigenvalue weighted by Crippen LogP contribution is -2.25. The number of nitrogens with one attached hydrogen (secondary N) is 1. The van der Waals surface area contributed by atoms with Gasteiger partial charge in [-0.15, -0.1) is 11.3 Å². The molecule has 4 nitrogen and oxygen atoms in total. The first-order valence-electron chi connectivity index (χ1n) is 10.8. The Morgan fingerprint density at radius 3 is 2.48 bits per heavy atom. The van der Waals surface area contributed by atoms with Crippen molar-refractivity contribution in [2.24, 2.45) is 0 Å². The third-order valence-corrected chi connectivity index (χ3v) is 7.14. The molecule has 1 aliphatic rings. The maximum atomic E-state index is 13.1. The number of halogens is 1. The number of likely N-dealkylation sites (tertiary alicyclic amines) is 1. The number of carbonyl (C=O) groups is 1. The van der Waals surface area contributed by atoms with Gasteiger partial charge in [0, 0.05) is 17.5 Å². The molecule has 0 aliphatic carbocycles. The standard InChI is InChI=1S/C25H28FN3OS/c1-17(29-14-2-3-15-29)19-6-4-18(5-7-19)12-13-28-25(30)24-22(27)16-23(31-24)20-8-10-21(26)11-9-20/h4-11,16-17H,2-3,12-15,27H2,1H3,(H,28,30). The number of carbonyl (C=O) groups excluding carboxylic acids is 1. The number of thiophene rings is 1. The smallest absolute Gasteiger partial charge is 0.263 e. The molecular formula is C25H28FN3OS. The number of nitrogens with two attached hydrogens (primary N) is 1. The Bertz CT molecular complexity index is 1020. The number of nitrogens with zero attached hydrogens (tertiary/aromatic N) is 1. The van der Waals surface area contributed by atoms with Crippen LogP contribution in [0.2, 0.25) is 0 Å².